The standard InChI is InChI=1S/C24H37ClO/c1-16(7-12-22(25)26)19-10-11-20-18-9-8-17-6-4-5-14-23(17,2)21(18)13-15-24(19,20)3/h4-5,16-21H,6-15H2,1-3H3/t16-,17?,18+,19-,20+,21+,23+,24-/m1/s1. The minimum absolute atomic E-state index is 0.156. The van der Waals surface area contributed by atoms with Crippen molar-refractivity contribution in [3.8, 4) is 0 Å². The lowest BCUT2D eigenvalue weighted by Gasteiger charge is -2.60. The Hall–Kier alpha value is -0.300. The molecule has 2 heteroatoms. The third kappa shape index (κ3) is 2.92. The van der Waals surface area contributed by atoms with Gasteiger partial charge in [-0.2, -0.15) is 0 Å². The molecule has 0 saturated heterocycles. The molecule has 0 aliphatic heterocycles. The topological polar surface area (TPSA) is 17.1 Å². The molecular weight excluding hydrogens is 340 g/mol. The Morgan fingerprint density at radius 3 is 2.62 bits per heavy atom. The summed E-state index contributed by atoms with van der Waals surface area (Å²) in [6, 6.07) is 0. The van der Waals surface area contributed by atoms with Crippen molar-refractivity contribution >= 4 is 16.8 Å². The molecule has 146 valence electrons. The van der Waals surface area contributed by atoms with E-state index in [9.17, 15) is 4.79 Å². The summed E-state index contributed by atoms with van der Waals surface area (Å²) in [5.41, 5.74) is 1.07. The van der Waals surface area contributed by atoms with Crippen molar-refractivity contribution in [2.24, 2.45) is 46.3 Å². The molecule has 4 aliphatic rings. The summed E-state index contributed by atoms with van der Waals surface area (Å²) in [4.78, 5) is 11.2. The van der Waals surface area contributed by atoms with Gasteiger partial charge in [0.2, 0.25) is 5.24 Å². The highest BCUT2D eigenvalue weighted by molar-refractivity contribution is 6.63. The molecule has 3 fully saturated rings. The van der Waals surface area contributed by atoms with Gasteiger partial charge in [0.25, 0.3) is 0 Å². The van der Waals surface area contributed by atoms with Crippen LogP contribution < -0.4 is 0 Å². The Balaban J connectivity index is 1.53. The van der Waals surface area contributed by atoms with Crippen LogP contribution in [-0.4, -0.2) is 5.24 Å². The van der Waals surface area contributed by atoms with E-state index in [0.29, 0.717) is 23.2 Å². The minimum Gasteiger partial charge on any atom is -0.281 e. The van der Waals surface area contributed by atoms with Gasteiger partial charge in [-0.15, -0.1) is 0 Å². The summed E-state index contributed by atoms with van der Waals surface area (Å²) in [5.74, 6) is 5.18. The van der Waals surface area contributed by atoms with Crippen LogP contribution in [0.2, 0.25) is 0 Å². The van der Waals surface area contributed by atoms with Crippen molar-refractivity contribution in [1.29, 1.82) is 0 Å². The first-order valence-electron chi connectivity index (χ1n) is 11.2. The number of hydrogen-bond donors (Lipinski definition) is 0. The fourth-order valence-corrected chi connectivity index (χ4v) is 8.46. The van der Waals surface area contributed by atoms with Crippen molar-refractivity contribution in [2.75, 3.05) is 0 Å². The van der Waals surface area contributed by atoms with Gasteiger partial charge < -0.3 is 0 Å². The van der Waals surface area contributed by atoms with Crippen molar-refractivity contribution in [3.63, 3.8) is 0 Å². The highest BCUT2D eigenvalue weighted by Gasteiger charge is 2.59. The van der Waals surface area contributed by atoms with Crippen molar-refractivity contribution < 1.29 is 4.79 Å². The molecule has 0 heterocycles. The summed E-state index contributed by atoms with van der Waals surface area (Å²) in [6.45, 7) is 7.62. The van der Waals surface area contributed by atoms with E-state index in [1.165, 1.54) is 51.4 Å². The van der Waals surface area contributed by atoms with E-state index >= 15 is 0 Å². The molecule has 0 aromatic heterocycles. The maximum absolute atomic E-state index is 11.2. The number of allylic oxidation sites excluding steroid dienone is 2. The molecule has 1 unspecified atom stereocenters. The van der Waals surface area contributed by atoms with Gasteiger partial charge >= 0.3 is 0 Å². The number of fused-ring (bicyclic) bond motifs is 5. The molecule has 0 aromatic rings. The molecule has 0 amide bonds. The first-order valence-corrected chi connectivity index (χ1v) is 11.6. The Bertz CT molecular complexity index is 583. The van der Waals surface area contributed by atoms with Crippen LogP contribution in [0.5, 0.6) is 0 Å². The second-order valence-electron chi connectivity index (χ2n) is 10.7. The van der Waals surface area contributed by atoms with Crippen LogP contribution >= 0.6 is 11.6 Å². The molecule has 4 aliphatic carbocycles. The van der Waals surface area contributed by atoms with Crippen LogP contribution in [0.1, 0.15) is 85.0 Å². The Morgan fingerprint density at radius 2 is 1.85 bits per heavy atom. The van der Waals surface area contributed by atoms with Gasteiger partial charge in [-0.05, 0) is 116 Å². The van der Waals surface area contributed by atoms with Crippen LogP contribution in [0.4, 0.5) is 0 Å². The third-order valence-electron chi connectivity index (χ3n) is 9.77. The van der Waals surface area contributed by atoms with Crippen molar-refractivity contribution in [3.05, 3.63) is 12.2 Å². The van der Waals surface area contributed by atoms with Gasteiger partial charge in [-0.1, -0.05) is 32.9 Å². The van der Waals surface area contributed by atoms with Gasteiger partial charge in [-0.3, -0.25) is 4.79 Å². The fourth-order valence-electron chi connectivity index (χ4n) is 8.36. The van der Waals surface area contributed by atoms with Gasteiger partial charge in [0.1, 0.15) is 0 Å². The van der Waals surface area contributed by atoms with E-state index in [1.807, 2.05) is 0 Å². The number of rotatable bonds is 4. The van der Waals surface area contributed by atoms with E-state index in [2.05, 4.69) is 32.9 Å². The highest BCUT2D eigenvalue weighted by atomic mass is 35.5. The number of carbonyl (C=O) groups is 1. The minimum atomic E-state index is -0.156. The lowest BCUT2D eigenvalue weighted by atomic mass is 9.45. The zero-order valence-corrected chi connectivity index (χ0v) is 17.7. The molecule has 4 rings (SSSR count). The van der Waals surface area contributed by atoms with E-state index in [0.717, 1.165) is 36.0 Å². The van der Waals surface area contributed by atoms with Crippen LogP contribution in [-0.2, 0) is 4.79 Å². The summed E-state index contributed by atoms with van der Waals surface area (Å²) < 4.78 is 0. The first kappa shape index (κ1) is 19.0. The molecular formula is C24H37ClO. The molecule has 0 spiro atoms. The Morgan fingerprint density at radius 1 is 1.08 bits per heavy atom. The van der Waals surface area contributed by atoms with E-state index < -0.39 is 0 Å². The van der Waals surface area contributed by atoms with Crippen LogP contribution in [0.25, 0.3) is 0 Å². The van der Waals surface area contributed by atoms with Gasteiger partial charge in [-0.25, -0.2) is 0 Å². The lowest BCUT2D eigenvalue weighted by Crippen LogP contribution is -2.52. The SMILES string of the molecule is C[C@H](CCC(=O)Cl)[C@H]1CC[C@H]2[C@@H]3CCC4CC=CC[C@]4(C)[C@H]3CC[C@]12C. The average molecular weight is 377 g/mol. The summed E-state index contributed by atoms with van der Waals surface area (Å²) >= 11 is 5.63. The average Bonchev–Trinajstić information content (AvgIpc) is 2.96. The fraction of sp³-hybridized carbons (Fsp3) is 0.875. The molecule has 0 radical (unpaired) electrons. The second kappa shape index (κ2) is 6.94. The van der Waals surface area contributed by atoms with Crippen molar-refractivity contribution in [1.82, 2.24) is 0 Å². The van der Waals surface area contributed by atoms with Crippen LogP contribution in [0.15, 0.2) is 12.2 Å². The monoisotopic (exact) mass is 376 g/mol. The summed E-state index contributed by atoms with van der Waals surface area (Å²) in [6.07, 6.45) is 17.7. The maximum atomic E-state index is 11.2. The van der Waals surface area contributed by atoms with E-state index in [1.54, 1.807) is 0 Å². The maximum Gasteiger partial charge on any atom is 0.221 e. The Kier molecular flexibility index (Phi) is 5.08. The second-order valence-corrected chi connectivity index (χ2v) is 11.1. The number of hydrogen-bond acceptors (Lipinski definition) is 1. The van der Waals surface area contributed by atoms with Crippen LogP contribution in [0.3, 0.4) is 0 Å². The number of halogens is 1. The predicted molar refractivity (Wildman–Crippen MR) is 109 cm³/mol. The van der Waals surface area contributed by atoms with Crippen molar-refractivity contribution in [2.45, 2.75) is 85.0 Å². The lowest BCUT2D eigenvalue weighted by molar-refractivity contribution is -0.112. The molecule has 26 heavy (non-hydrogen) atoms. The number of carbonyl (C=O) groups excluding carboxylic acids is 1. The van der Waals surface area contributed by atoms with E-state index in [4.69, 9.17) is 11.6 Å². The van der Waals surface area contributed by atoms with E-state index in [-0.39, 0.29) is 5.24 Å². The molecule has 0 aromatic carbocycles. The summed E-state index contributed by atoms with van der Waals surface area (Å²) in [7, 11) is 0. The molecule has 0 bridgehead atoms. The zero-order chi connectivity index (χ0) is 18.5. The predicted octanol–water partition coefficient (Wildman–Crippen LogP) is 6.99. The van der Waals surface area contributed by atoms with Gasteiger partial charge in [0.15, 0.2) is 0 Å². The Labute approximate surface area is 165 Å². The molecule has 8 atom stereocenters. The molecule has 3 saturated carbocycles. The quantitative estimate of drug-likeness (QED) is 0.381. The van der Waals surface area contributed by atoms with Gasteiger partial charge in [0, 0.05) is 6.42 Å². The molecule has 0 N–H and O–H groups in total. The van der Waals surface area contributed by atoms with Gasteiger partial charge in [0.05, 0.1) is 0 Å². The largest absolute Gasteiger partial charge is 0.281 e. The molecule has 1 nitrogen and oxygen atoms in total. The first-order chi connectivity index (χ1) is 12.4. The zero-order valence-electron chi connectivity index (χ0n) is 17.0. The normalized spacial score (nSPS) is 48.4. The smallest absolute Gasteiger partial charge is 0.221 e. The van der Waals surface area contributed by atoms with Crippen LogP contribution in [0, 0.1) is 46.3 Å². The highest BCUT2D eigenvalue weighted by Crippen LogP contribution is 2.67. The third-order valence-corrected chi connectivity index (χ3v) is 9.96. The summed E-state index contributed by atoms with van der Waals surface area (Å²) in [5, 5.41) is -0.156.